The second-order valence-electron chi connectivity index (χ2n) is 9.34. The average molecular weight is 471 g/mol. The number of aryl methyl sites for hydroxylation is 2. The molecule has 2 aromatic carbocycles. The van der Waals surface area contributed by atoms with Crippen LogP contribution in [0.4, 0.5) is 5.69 Å². The number of rotatable bonds is 7. The smallest absolute Gasteiger partial charge is 0.158 e. The van der Waals surface area contributed by atoms with Crippen molar-refractivity contribution in [2.75, 3.05) is 31.7 Å². The molecule has 0 saturated heterocycles. The normalized spacial score (nSPS) is 13.3. The molecule has 0 saturated carbocycles. The number of methoxy groups -OCH3 is 1. The SMILES string of the molecule is COc1cc(C)cc2nc(-c3cc4cccc5c4n3CCN5CCCO)n(Cc3cnn(C)c3)c12. The number of imidazole rings is 1. The number of fused-ring (bicyclic) bond motifs is 1. The van der Waals surface area contributed by atoms with Crippen LogP contribution in [-0.4, -0.2) is 55.8 Å². The van der Waals surface area contributed by atoms with Gasteiger partial charge in [-0.3, -0.25) is 4.68 Å². The summed E-state index contributed by atoms with van der Waals surface area (Å²) in [6.07, 6.45) is 4.72. The Labute approximate surface area is 204 Å². The zero-order valence-corrected chi connectivity index (χ0v) is 20.4. The van der Waals surface area contributed by atoms with Crippen molar-refractivity contribution in [2.24, 2.45) is 7.05 Å². The van der Waals surface area contributed by atoms with Crippen LogP contribution in [0.1, 0.15) is 17.5 Å². The lowest BCUT2D eigenvalue weighted by Gasteiger charge is -2.31. The highest BCUT2D eigenvalue weighted by molar-refractivity contribution is 5.97. The largest absolute Gasteiger partial charge is 0.494 e. The van der Waals surface area contributed by atoms with E-state index in [-0.39, 0.29) is 6.61 Å². The van der Waals surface area contributed by atoms with Gasteiger partial charge in [0.25, 0.3) is 0 Å². The number of para-hydroxylation sites is 1. The third-order valence-corrected chi connectivity index (χ3v) is 6.92. The van der Waals surface area contributed by atoms with Crippen molar-refractivity contribution in [1.29, 1.82) is 0 Å². The monoisotopic (exact) mass is 470 g/mol. The third-order valence-electron chi connectivity index (χ3n) is 6.92. The van der Waals surface area contributed by atoms with Gasteiger partial charge in [-0.15, -0.1) is 0 Å². The zero-order chi connectivity index (χ0) is 24.1. The van der Waals surface area contributed by atoms with Crippen molar-refractivity contribution in [3.05, 3.63) is 59.9 Å². The van der Waals surface area contributed by atoms with E-state index in [4.69, 9.17) is 9.72 Å². The number of aromatic nitrogens is 5. The Balaban J connectivity index is 1.58. The average Bonchev–Trinajstić information content (AvgIpc) is 3.54. The van der Waals surface area contributed by atoms with Crippen LogP contribution >= 0.6 is 0 Å². The quantitative estimate of drug-likeness (QED) is 0.390. The molecule has 1 N–H and O–H groups in total. The number of aliphatic hydroxyl groups is 1. The Morgan fingerprint density at radius 2 is 2.00 bits per heavy atom. The maximum absolute atomic E-state index is 9.36. The van der Waals surface area contributed by atoms with Crippen LogP contribution in [0.25, 0.3) is 33.5 Å². The van der Waals surface area contributed by atoms with Gasteiger partial charge in [0.2, 0.25) is 0 Å². The van der Waals surface area contributed by atoms with Crippen molar-refractivity contribution in [2.45, 2.75) is 26.4 Å². The number of ether oxygens (including phenoxy) is 1. The molecule has 1 aliphatic heterocycles. The van der Waals surface area contributed by atoms with Crippen LogP contribution < -0.4 is 9.64 Å². The van der Waals surface area contributed by atoms with E-state index in [0.717, 1.165) is 65.5 Å². The van der Waals surface area contributed by atoms with E-state index in [2.05, 4.69) is 62.5 Å². The summed E-state index contributed by atoms with van der Waals surface area (Å²) in [4.78, 5) is 7.55. The number of hydrogen-bond donors (Lipinski definition) is 1. The molecule has 0 aliphatic carbocycles. The van der Waals surface area contributed by atoms with E-state index in [1.807, 2.05) is 24.1 Å². The summed E-state index contributed by atoms with van der Waals surface area (Å²) < 4.78 is 12.3. The molecule has 0 atom stereocenters. The highest BCUT2D eigenvalue weighted by Crippen LogP contribution is 2.39. The highest BCUT2D eigenvalue weighted by Gasteiger charge is 2.26. The first-order chi connectivity index (χ1) is 17.1. The van der Waals surface area contributed by atoms with E-state index < -0.39 is 0 Å². The van der Waals surface area contributed by atoms with Gasteiger partial charge in [-0.2, -0.15) is 5.10 Å². The summed E-state index contributed by atoms with van der Waals surface area (Å²) >= 11 is 0. The maximum Gasteiger partial charge on any atom is 0.158 e. The fourth-order valence-electron chi connectivity index (χ4n) is 5.42. The number of hydrogen-bond acceptors (Lipinski definition) is 5. The predicted molar refractivity (Wildman–Crippen MR) is 138 cm³/mol. The standard InChI is InChI=1S/C27H30N6O2/c1-18-12-21-26(24(13-18)35-3)33(17-19-15-28-30(2)16-19)27(29-21)23-14-20-6-4-7-22-25(20)32(23)10-9-31(22)8-5-11-34/h4,6-7,12-16,34H,5,8-11,17H2,1-3H3. The molecule has 1 aliphatic rings. The lowest BCUT2D eigenvalue weighted by molar-refractivity contribution is 0.289. The Morgan fingerprint density at radius 1 is 1.11 bits per heavy atom. The summed E-state index contributed by atoms with van der Waals surface area (Å²) in [6.45, 7) is 5.55. The summed E-state index contributed by atoms with van der Waals surface area (Å²) in [5, 5.41) is 14.9. The van der Waals surface area contributed by atoms with Crippen molar-refractivity contribution < 1.29 is 9.84 Å². The Morgan fingerprint density at radius 3 is 2.77 bits per heavy atom. The molecule has 5 aromatic rings. The molecule has 0 amide bonds. The molecule has 0 spiro atoms. The maximum atomic E-state index is 9.36. The molecular weight excluding hydrogens is 440 g/mol. The second-order valence-corrected chi connectivity index (χ2v) is 9.34. The van der Waals surface area contributed by atoms with Crippen LogP contribution in [0, 0.1) is 6.92 Å². The lowest BCUT2D eigenvalue weighted by atomic mass is 10.1. The molecule has 35 heavy (non-hydrogen) atoms. The zero-order valence-electron chi connectivity index (χ0n) is 20.4. The fraction of sp³-hybridized carbons (Fsp3) is 0.333. The first-order valence-electron chi connectivity index (χ1n) is 12.1. The summed E-state index contributed by atoms with van der Waals surface area (Å²) in [7, 11) is 3.66. The molecule has 0 radical (unpaired) electrons. The van der Waals surface area contributed by atoms with Gasteiger partial charge < -0.3 is 23.9 Å². The van der Waals surface area contributed by atoms with Gasteiger partial charge in [0.05, 0.1) is 42.3 Å². The first-order valence-corrected chi connectivity index (χ1v) is 12.1. The van der Waals surface area contributed by atoms with E-state index in [1.165, 1.54) is 16.6 Å². The summed E-state index contributed by atoms with van der Waals surface area (Å²) in [6, 6.07) is 12.9. The van der Waals surface area contributed by atoms with Crippen LogP contribution in [0.5, 0.6) is 5.75 Å². The van der Waals surface area contributed by atoms with E-state index in [0.29, 0.717) is 6.54 Å². The van der Waals surface area contributed by atoms with Crippen LogP contribution in [0.2, 0.25) is 0 Å². The highest BCUT2D eigenvalue weighted by atomic mass is 16.5. The number of aliphatic hydroxyl groups excluding tert-OH is 1. The van der Waals surface area contributed by atoms with Crippen molar-refractivity contribution >= 4 is 27.6 Å². The first kappa shape index (κ1) is 21.7. The topological polar surface area (TPSA) is 73.3 Å². The van der Waals surface area contributed by atoms with Gasteiger partial charge in [-0.1, -0.05) is 12.1 Å². The number of anilines is 1. The Hall–Kier alpha value is -3.78. The molecule has 6 rings (SSSR count). The summed E-state index contributed by atoms with van der Waals surface area (Å²) in [5.74, 6) is 1.76. The minimum atomic E-state index is 0.207. The molecule has 0 bridgehead atoms. The molecule has 3 aromatic heterocycles. The van der Waals surface area contributed by atoms with E-state index >= 15 is 0 Å². The van der Waals surface area contributed by atoms with Crippen LogP contribution in [0.3, 0.4) is 0 Å². The van der Waals surface area contributed by atoms with Gasteiger partial charge >= 0.3 is 0 Å². The molecule has 0 unspecified atom stereocenters. The molecule has 8 nitrogen and oxygen atoms in total. The minimum Gasteiger partial charge on any atom is -0.494 e. The van der Waals surface area contributed by atoms with Gasteiger partial charge in [-0.05, 0) is 43.2 Å². The van der Waals surface area contributed by atoms with Crippen molar-refractivity contribution in [1.82, 2.24) is 23.9 Å². The lowest BCUT2D eigenvalue weighted by Crippen LogP contribution is -2.33. The van der Waals surface area contributed by atoms with Crippen LogP contribution in [-0.2, 0) is 20.1 Å². The Bertz CT molecular complexity index is 1540. The molecular formula is C27H30N6O2. The van der Waals surface area contributed by atoms with Gasteiger partial charge in [0.1, 0.15) is 11.3 Å². The van der Waals surface area contributed by atoms with Crippen molar-refractivity contribution in [3.8, 4) is 17.3 Å². The second kappa shape index (κ2) is 8.46. The number of benzene rings is 2. The van der Waals surface area contributed by atoms with E-state index in [1.54, 1.807) is 7.11 Å². The Kier molecular flexibility index (Phi) is 5.25. The molecule has 0 fully saturated rings. The number of nitrogens with zero attached hydrogens (tertiary/aromatic N) is 6. The predicted octanol–water partition coefficient (Wildman–Crippen LogP) is 3.96. The molecule has 4 heterocycles. The molecule has 180 valence electrons. The van der Waals surface area contributed by atoms with Crippen molar-refractivity contribution in [3.63, 3.8) is 0 Å². The minimum absolute atomic E-state index is 0.207. The third kappa shape index (κ3) is 3.56. The van der Waals surface area contributed by atoms with E-state index in [9.17, 15) is 5.11 Å². The fourth-order valence-corrected chi connectivity index (χ4v) is 5.42. The van der Waals surface area contributed by atoms with Crippen LogP contribution in [0.15, 0.2) is 48.8 Å². The van der Waals surface area contributed by atoms with Gasteiger partial charge in [0, 0.05) is 50.4 Å². The molecule has 8 heteroatoms. The van der Waals surface area contributed by atoms with Gasteiger partial charge in [0.15, 0.2) is 5.82 Å². The summed E-state index contributed by atoms with van der Waals surface area (Å²) in [5.41, 5.74) is 7.72. The van der Waals surface area contributed by atoms with Gasteiger partial charge in [-0.25, -0.2) is 4.98 Å².